The van der Waals surface area contributed by atoms with E-state index in [9.17, 15) is 9.59 Å². The van der Waals surface area contributed by atoms with E-state index >= 15 is 0 Å². The van der Waals surface area contributed by atoms with Crippen LogP contribution in [0, 0.1) is 0 Å². The molecule has 2 amide bonds. The summed E-state index contributed by atoms with van der Waals surface area (Å²) in [5.41, 5.74) is 0. The Morgan fingerprint density at radius 2 is 1.56 bits per heavy atom. The second-order valence-corrected chi connectivity index (χ2v) is 7.10. The standard InChI is InChI=1S/C11H19NO2S2/c1-6(2)12-10(13)8(15-5)9(11(12)14)16-7(3)4/h6-9H,1-5H3. The lowest BCUT2D eigenvalue weighted by Crippen LogP contribution is -2.37. The van der Waals surface area contributed by atoms with Crippen LogP contribution in [0.15, 0.2) is 0 Å². The first-order valence-electron chi connectivity index (χ1n) is 5.45. The predicted molar refractivity (Wildman–Crippen MR) is 70.8 cm³/mol. The van der Waals surface area contributed by atoms with Crippen molar-refractivity contribution in [1.82, 2.24) is 4.90 Å². The van der Waals surface area contributed by atoms with E-state index in [1.165, 1.54) is 16.7 Å². The van der Waals surface area contributed by atoms with Crippen LogP contribution in [0.5, 0.6) is 0 Å². The van der Waals surface area contributed by atoms with Crippen molar-refractivity contribution in [3.8, 4) is 0 Å². The topological polar surface area (TPSA) is 37.4 Å². The fraction of sp³-hybridized carbons (Fsp3) is 0.818. The summed E-state index contributed by atoms with van der Waals surface area (Å²) < 4.78 is 0. The zero-order valence-electron chi connectivity index (χ0n) is 10.4. The van der Waals surface area contributed by atoms with Gasteiger partial charge in [-0.1, -0.05) is 13.8 Å². The second-order valence-electron chi connectivity index (χ2n) is 4.40. The smallest absolute Gasteiger partial charge is 0.244 e. The van der Waals surface area contributed by atoms with Crippen molar-refractivity contribution in [2.24, 2.45) is 0 Å². The third-order valence-electron chi connectivity index (χ3n) is 2.43. The van der Waals surface area contributed by atoms with Crippen molar-refractivity contribution in [1.29, 1.82) is 0 Å². The minimum Gasteiger partial charge on any atom is -0.278 e. The Hall–Kier alpha value is -0.160. The average Bonchev–Trinajstić information content (AvgIpc) is 2.37. The fourth-order valence-corrected chi connectivity index (χ4v) is 4.08. The normalized spacial score (nSPS) is 26.3. The van der Waals surface area contributed by atoms with E-state index in [-0.39, 0.29) is 28.4 Å². The molecule has 0 saturated carbocycles. The molecule has 0 aromatic rings. The molecule has 0 N–H and O–H groups in total. The highest BCUT2D eigenvalue weighted by Gasteiger charge is 2.48. The van der Waals surface area contributed by atoms with Gasteiger partial charge in [0.2, 0.25) is 11.8 Å². The first kappa shape index (κ1) is 13.9. The molecule has 0 radical (unpaired) electrons. The van der Waals surface area contributed by atoms with E-state index in [1.54, 1.807) is 11.8 Å². The van der Waals surface area contributed by atoms with E-state index in [0.29, 0.717) is 5.25 Å². The number of carbonyl (C=O) groups is 2. The Bertz CT molecular complexity index is 292. The molecule has 1 aliphatic rings. The van der Waals surface area contributed by atoms with Crippen molar-refractivity contribution in [2.75, 3.05) is 6.26 Å². The van der Waals surface area contributed by atoms with Gasteiger partial charge in [-0.15, -0.1) is 11.8 Å². The maximum Gasteiger partial charge on any atom is 0.244 e. The van der Waals surface area contributed by atoms with Gasteiger partial charge in [-0.2, -0.15) is 11.8 Å². The van der Waals surface area contributed by atoms with Gasteiger partial charge in [0.1, 0.15) is 10.5 Å². The van der Waals surface area contributed by atoms with Crippen molar-refractivity contribution in [2.45, 2.75) is 49.5 Å². The number of hydrogen-bond donors (Lipinski definition) is 0. The van der Waals surface area contributed by atoms with Crippen LogP contribution in [-0.2, 0) is 9.59 Å². The highest BCUT2D eigenvalue weighted by atomic mass is 32.2. The molecule has 1 heterocycles. The van der Waals surface area contributed by atoms with Gasteiger partial charge in [0.15, 0.2) is 0 Å². The number of likely N-dealkylation sites (tertiary alicyclic amines) is 1. The highest BCUT2D eigenvalue weighted by Crippen LogP contribution is 2.35. The number of hydrogen-bond acceptors (Lipinski definition) is 4. The largest absolute Gasteiger partial charge is 0.278 e. The van der Waals surface area contributed by atoms with Crippen molar-refractivity contribution >= 4 is 35.3 Å². The van der Waals surface area contributed by atoms with Crippen LogP contribution in [0.1, 0.15) is 27.7 Å². The summed E-state index contributed by atoms with van der Waals surface area (Å²) in [6.45, 7) is 7.88. The minimum absolute atomic E-state index is 0.0157. The third kappa shape index (κ3) is 2.56. The maximum atomic E-state index is 12.1. The molecule has 0 aromatic carbocycles. The summed E-state index contributed by atoms with van der Waals surface area (Å²) in [6, 6.07) is -0.0348. The average molecular weight is 261 g/mol. The van der Waals surface area contributed by atoms with Crippen LogP contribution in [0.4, 0.5) is 0 Å². The Morgan fingerprint density at radius 3 is 1.94 bits per heavy atom. The lowest BCUT2D eigenvalue weighted by Gasteiger charge is -2.18. The Morgan fingerprint density at radius 1 is 1.06 bits per heavy atom. The molecule has 5 heteroatoms. The molecule has 1 fully saturated rings. The summed E-state index contributed by atoms with van der Waals surface area (Å²) >= 11 is 3.08. The Labute approximate surface area is 106 Å². The second kappa shape index (κ2) is 5.45. The molecule has 3 nitrogen and oxygen atoms in total. The molecule has 2 unspecified atom stereocenters. The molecule has 2 atom stereocenters. The quantitative estimate of drug-likeness (QED) is 0.726. The molecule has 0 bridgehead atoms. The van der Waals surface area contributed by atoms with Gasteiger partial charge >= 0.3 is 0 Å². The molecule has 0 aliphatic carbocycles. The third-order valence-corrected chi connectivity index (χ3v) is 4.89. The predicted octanol–water partition coefficient (Wildman–Crippen LogP) is 2.01. The monoisotopic (exact) mass is 261 g/mol. The maximum absolute atomic E-state index is 12.1. The lowest BCUT2D eigenvalue weighted by atomic mass is 10.3. The van der Waals surface area contributed by atoms with Crippen LogP contribution in [0.2, 0.25) is 0 Å². The number of carbonyl (C=O) groups excluding carboxylic acids is 2. The lowest BCUT2D eigenvalue weighted by molar-refractivity contribution is -0.140. The molecule has 0 spiro atoms. The highest BCUT2D eigenvalue weighted by molar-refractivity contribution is 8.04. The zero-order valence-corrected chi connectivity index (χ0v) is 12.0. The minimum atomic E-state index is -0.206. The number of nitrogens with zero attached hydrogens (tertiary/aromatic N) is 1. The van der Waals surface area contributed by atoms with E-state index in [1.807, 2.05) is 20.1 Å². The van der Waals surface area contributed by atoms with E-state index in [0.717, 1.165) is 0 Å². The number of thioether (sulfide) groups is 2. The van der Waals surface area contributed by atoms with Crippen LogP contribution in [0.25, 0.3) is 0 Å². The van der Waals surface area contributed by atoms with Crippen molar-refractivity contribution in [3.05, 3.63) is 0 Å². The molecule has 0 aromatic heterocycles. The van der Waals surface area contributed by atoms with Crippen LogP contribution >= 0.6 is 23.5 Å². The first-order chi connectivity index (χ1) is 7.40. The zero-order chi connectivity index (χ0) is 12.5. The number of rotatable bonds is 4. The van der Waals surface area contributed by atoms with E-state index in [2.05, 4.69) is 13.8 Å². The Kier molecular flexibility index (Phi) is 4.73. The van der Waals surface area contributed by atoms with Crippen molar-refractivity contribution in [3.63, 3.8) is 0 Å². The van der Waals surface area contributed by atoms with Gasteiger partial charge < -0.3 is 0 Å². The van der Waals surface area contributed by atoms with Crippen molar-refractivity contribution < 1.29 is 9.59 Å². The summed E-state index contributed by atoms with van der Waals surface area (Å²) in [6.07, 6.45) is 1.90. The van der Waals surface area contributed by atoms with Crippen LogP contribution < -0.4 is 0 Å². The van der Waals surface area contributed by atoms with Gasteiger partial charge in [0, 0.05) is 6.04 Å². The van der Waals surface area contributed by atoms with Crippen LogP contribution in [-0.4, -0.2) is 44.8 Å². The summed E-state index contributed by atoms with van der Waals surface area (Å²) in [7, 11) is 0. The first-order valence-corrected chi connectivity index (χ1v) is 7.68. The SMILES string of the molecule is CSC1C(=O)N(C(C)C)C(=O)C1SC(C)C. The van der Waals surface area contributed by atoms with E-state index < -0.39 is 0 Å². The van der Waals surface area contributed by atoms with E-state index in [4.69, 9.17) is 0 Å². The summed E-state index contributed by atoms with van der Waals surface area (Å²) in [4.78, 5) is 25.6. The molecular formula is C11H19NO2S2. The van der Waals surface area contributed by atoms with Gasteiger partial charge in [0.05, 0.1) is 0 Å². The molecule has 1 rings (SSSR count). The molecule has 1 saturated heterocycles. The molecular weight excluding hydrogens is 242 g/mol. The van der Waals surface area contributed by atoms with Gasteiger partial charge in [0.25, 0.3) is 0 Å². The Balaban J connectivity index is 2.92. The van der Waals surface area contributed by atoms with Gasteiger partial charge in [-0.3, -0.25) is 14.5 Å². The summed E-state index contributed by atoms with van der Waals surface area (Å²) in [5.74, 6) is -0.0382. The molecule has 1 aliphatic heterocycles. The van der Waals surface area contributed by atoms with Gasteiger partial charge in [-0.25, -0.2) is 0 Å². The molecule has 16 heavy (non-hydrogen) atoms. The molecule has 92 valence electrons. The fourth-order valence-electron chi connectivity index (χ4n) is 1.80. The summed E-state index contributed by atoms with van der Waals surface area (Å²) in [5, 5.41) is -0.0456. The van der Waals surface area contributed by atoms with Crippen LogP contribution in [0.3, 0.4) is 0 Å². The number of imide groups is 1. The number of amides is 2. The van der Waals surface area contributed by atoms with Gasteiger partial charge in [-0.05, 0) is 25.4 Å².